The molecule has 1 unspecified atom stereocenters. The van der Waals surface area contributed by atoms with Gasteiger partial charge in [-0.05, 0) is 31.7 Å². The Morgan fingerprint density at radius 2 is 2.05 bits per heavy atom. The van der Waals surface area contributed by atoms with Crippen LogP contribution in [0.5, 0.6) is 0 Å². The fourth-order valence-electron chi connectivity index (χ4n) is 2.28. The van der Waals surface area contributed by atoms with Crippen molar-refractivity contribution in [3.05, 3.63) is 59.7 Å². The van der Waals surface area contributed by atoms with E-state index in [9.17, 15) is 4.39 Å². The summed E-state index contributed by atoms with van der Waals surface area (Å²) in [6.07, 6.45) is 1.80. The highest BCUT2D eigenvalue weighted by molar-refractivity contribution is 5.48. The Hall–Kier alpha value is -1.94. The minimum Gasteiger partial charge on any atom is -0.368 e. The van der Waals surface area contributed by atoms with Crippen LogP contribution in [0.4, 0.5) is 10.1 Å². The molecular weight excluding hydrogens is 265 g/mol. The molecular formula is C17H22FN3. The summed E-state index contributed by atoms with van der Waals surface area (Å²) in [5.74, 6) is -0.168. The molecule has 0 saturated carbocycles. The zero-order valence-electron chi connectivity index (χ0n) is 12.8. The van der Waals surface area contributed by atoms with Crippen LogP contribution in [-0.2, 0) is 6.54 Å². The molecule has 3 nitrogen and oxygen atoms in total. The number of anilines is 1. The highest BCUT2D eigenvalue weighted by Crippen LogP contribution is 2.26. The van der Waals surface area contributed by atoms with Crippen molar-refractivity contribution in [1.29, 1.82) is 0 Å². The number of nitrogens with zero attached hydrogens (tertiary/aromatic N) is 2. The van der Waals surface area contributed by atoms with Gasteiger partial charge in [0.15, 0.2) is 0 Å². The van der Waals surface area contributed by atoms with E-state index in [4.69, 9.17) is 0 Å². The average molecular weight is 287 g/mol. The molecule has 0 amide bonds. The van der Waals surface area contributed by atoms with Crippen molar-refractivity contribution in [3.63, 3.8) is 0 Å². The van der Waals surface area contributed by atoms with Gasteiger partial charge in [-0.1, -0.05) is 25.1 Å². The zero-order valence-corrected chi connectivity index (χ0v) is 12.8. The van der Waals surface area contributed by atoms with Crippen LogP contribution in [-0.4, -0.2) is 18.6 Å². The maximum atomic E-state index is 13.9. The number of rotatable bonds is 6. The van der Waals surface area contributed by atoms with Gasteiger partial charge in [-0.25, -0.2) is 4.39 Å². The molecule has 0 bridgehead atoms. The predicted octanol–water partition coefficient (Wildman–Crippen LogP) is 3.53. The fraction of sp³-hybridized carbons (Fsp3) is 0.353. The summed E-state index contributed by atoms with van der Waals surface area (Å²) >= 11 is 0. The largest absolute Gasteiger partial charge is 0.368 e. The number of halogens is 1. The van der Waals surface area contributed by atoms with Gasteiger partial charge in [0, 0.05) is 31.0 Å². The Morgan fingerprint density at radius 3 is 2.76 bits per heavy atom. The molecule has 0 fully saturated rings. The van der Waals surface area contributed by atoms with Crippen molar-refractivity contribution in [2.45, 2.75) is 26.4 Å². The summed E-state index contributed by atoms with van der Waals surface area (Å²) in [6.45, 7) is 5.72. The molecule has 0 radical (unpaired) electrons. The Bertz CT molecular complexity index is 586. The first-order chi connectivity index (χ1) is 10.1. The van der Waals surface area contributed by atoms with Gasteiger partial charge < -0.3 is 10.2 Å². The Kier molecular flexibility index (Phi) is 5.28. The third-order valence-corrected chi connectivity index (χ3v) is 3.70. The lowest BCUT2D eigenvalue weighted by atomic mass is 10.1. The van der Waals surface area contributed by atoms with Crippen molar-refractivity contribution in [2.75, 3.05) is 18.5 Å². The van der Waals surface area contributed by atoms with Crippen LogP contribution >= 0.6 is 0 Å². The number of aromatic nitrogens is 1. The van der Waals surface area contributed by atoms with Gasteiger partial charge in [0.2, 0.25) is 0 Å². The summed E-state index contributed by atoms with van der Waals surface area (Å²) < 4.78 is 13.9. The Labute approximate surface area is 125 Å². The lowest BCUT2D eigenvalue weighted by Crippen LogP contribution is -2.23. The molecule has 2 aromatic rings. The van der Waals surface area contributed by atoms with Crippen LogP contribution in [0.25, 0.3) is 0 Å². The summed E-state index contributed by atoms with van der Waals surface area (Å²) in [7, 11) is 1.98. The first kappa shape index (κ1) is 15.4. The Balaban J connectivity index is 2.19. The van der Waals surface area contributed by atoms with E-state index in [1.807, 2.05) is 38.2 Å². The Morgan fingerprint density at radius 1 is 1.29 bits per heavy atom. The summed E-state index contributed by atoms with van der Waals surface area (Å²) in [6, 6.07) is 10.9. The SMILES string of the molecule is CCNCc1cc(N(C)C(C)c2ccccc2F)ccn1. The van der Waals surface area contributed by atoms with Gasteiger partial charge in [-0.15, -0.1) is 0 Å². The average Bonchev–Trinajstić information content (AvgIpc) is 2.52. The fourth-order valence-corrected chi connectivity index (χ4v) is 2.28. The van der Waals surface area contributed by atoms with Crippen LogP contribution < -0.4 is 10.2 Å². The second-order valence-electron chi connectivity index (χ2n) is 5.09. The topological polar surface area (TPSA) is 28.2 Å². The first-order valence-corrected chi connectivity index (χ1v) is 7.26. The van der Waals surface area contributed by atoms with E-state index in [-0.39, 0.29) is 11.9 Å². The van der Waals surface area contributed by atoms with Crippen molar-refractivity contribution >= 4 is 5.69 Å². The zero-order chi connectivity index (χ0) is 15.2. The van der Waals surface area contributed by atoms with E-state index in [2.05, 4.69) is 22.1 Å². The smallest absolute Gasteiger partial charge is 0.128 e. The number of pyridine rings is 1. The third kappa shape index (κ3) is 3.79. The number of hydrogen-bond acceptors (Lipinski definition) is 3. The highest BCUT2D eigenvalue weighted by atomic mass is 19.1. The minimum atomic E-state index is -0.168. The molecule has 21 heavy (non-hydrogen) atoms. The molecule has 0 saturated heterocycles. The lowest BCUT2D eigenvalue weighted by Gasteiger charge is -2.28. The van der Waals surface area contributed by atoms with E-state index in [1.54, 1.807) is 12.3 Å². The first-order valence-electron chi connectivity index (χ1n) is 7.26. The van der Waals surface area contributed by atoms with E-state index >= 15 is 0 Å². The van der Waals surface area contributed by atoms with Gasteiger partial charge in [0.1, 0.15) is 5.82 Å². The number of hydrogen-bond donors (Lipinski definition) is 1. The lowest BCUT2D eigenvalue weighted by molar-refractivity contribution is 0.585. The van der Waals surface area contributed by atoms with Crippen LogP contribution in [0.3, 0.4) is 0 Å². The van der Waals surface area contributed by atoms with Gasteiger partial charge in [0.25, 0.3) is 0 Å². The second-order valence-corrected chi connectivity index (χ2v) is 5.09. The van der Waals surface area contributed by atoms with Crippen LogP contribution in [0.1, 0.15) is 31.1 Å². The summed E-state index contributed by atoms with van der Waals surface area (Å²) in [5.41, 5.74) is 2.72. The van der Waals surface area contributed by atoms with E-state index < -0.39 is 0 Å². The van der Waals surface area contributed by atoms with Crippen LogP contribution in [0.15, 0.2) is 42.6 Å². The quantitative estimate of drug-likeness (QED) is 0.881. The number of benzene rings is 1. The van der Waals surface area contributed by atoms with Crippen LogP contribution in [0, 0.1) is 5.82 Å². The van der Waals surface area contributed by atoms with Crippen molar-refractivity contribution in [3.8, 4) is 0 Å². The molecule has 0 aliphatic rings. The van der Waals surface area contributed by atoms with Crippen molar-refractivity contribution in [1.82, 2.24) is 10.3 Å². The molecule has 1 aromatic heterocycles. The molecule has 4 heteroatoms. The van der Waals surface area contributed by atoms with Crippen LogP contribution in [0.2, 0.25) is 0 Å². The molecule has 112 valence electrons. The molecule has 1 aromatic carbocycles. The predicted molar refractivity (Wildman–Crippen MR) is 84.8 cm³/mol. The second kappa shape index (κ2) is 7.18. The molecule has 0 spiro atoms. The minimum absolute atomic E-state index is 0.0411. The molecule has 1 N–H and O–H groups in total. The van der Waals surface area contributed by atoms with Gasteiger partial charge in [-0.2, -0.15) is 0 Å². The molecule has 2 rings (SSSR count). The summed E-state index contributed by atoms with van der Waals surface area (Å²) in [5, 5.41) is 3.26. The van der Waals surface area contributed by atoms with E-state index in [0.29, 0.717) is 5.56 Å². The van der Waals surface area contributed by atoms with Gasteiger partial charge >= 0.3 is 0 Å². The number of nitrogens with one attached hydrogen (secondary N) is 1. The normalized spacial score (nSPS) is 12.2. The van der Waals surface area contributed by atoms with Crippen molar-refractivity contribution in [2.24, 2.45) is 0 Å². The van der Waals surface area contributed by atoms with E-state index in [1.165, 1.54) is 6.07 Å². The third-order valence-electron chi connectivity index (χ3n) is 3.70. The van der Waals surface area contributed by atoms with Gasteiger partial charge in [-0.3, -0.25) is 4.98 Å². The molecule has 1 heterocycles. The highest BCUT2D eigenvalue weighted by Gasteiger charge is 2.16. The van der Waals surface area contributed by atoms with Gasteiger partial charge in [0.05, 0.1) is 11.7 Å². The summed E-state index contributed by atoms with van der Waals surface area (Å²) in [4.78, 5) is 6.41. The molecule has 1 atom stereocenters. The molecule has 0 aliphatic heterocycles. The van der Waals surface area contributed by atoms with Crippen molar-refractivity contribution < 1.29 is 4.39 Å². The molecule has 0 aliphatic carbocycles. The monoisotopic (exact) mass is 287 g/mol. The maximum Gasteiger partial charge on any atom is 0.128 e. The maximum absolute atomic E-state index is 13.9. The standard InChI is InChI=1S/C17H22FN3/c1-4-19-12-14-11-15(9-10-20-14)21(3)13(2)16-7-5-6-8-17(16)18/h5-11,13,19H,4,12H2,1-3H3. The van der Waals surface area contributed by atoms with E-state index in [0.717, 1.165) is 24.5 Å².